The minimum atomic E-state index is 0.440. The lowest BCUT2D eigenvalue weighted by Gasteiger charge is -2.25. The van der Waals surface area contributed by atoms with Crippen molar-refractivity contribution in [1.82, 2.24) is 10.3 Å². The van der Waals surface area contributed by atoms with Gasteiger partial charge in [-0.05, 0) is 32.6 Å². The van der Waals surface area contributed by atoms with E-state index >= 15 is 0 Å². The highest BCUT2D eigenvalue weighted by Gasteiger charge is 2.23. The second-order valence-corrected chi connectivity index (χ2v) is 7.46. The highest BCUT2D eigenvalue weighted by Crippen LogP contribution is 2.32. The third-order valence-corrected chi connectivity index (χ3v) is 4.91. The van der Waals surface area contributed by atoms with Crippen LogP contribution in [0.25, 0.3) is 0 Å². The number of methoxy groups -OCH3 is 1. The van der Waals surface area contributed by atoms with Crippen LogP contribution in [-0.2, 0) is 11.3 Å². The van der Waals surface area contributed by atoms with Crippen LogP contribution in [0, 0.1) is 0 Å². The Kier molecular flexibility index (Phi) is 6.02. The Morgan fingerprint density at radius 2 is 2.05 bits per heavy atom. The molecule has 21 heavy (non-hydrogen) atoms. The van der Waals surface area contributed by atoms with E-state index in [9.17, 15) is 0 Å². The highest BCUT2D eigenvalue weighted by molar-refractivity contribution is 7.15. The molecule has 0 aromatic carbocycles. The minimum absolute atomic E-state index is 0.440. The number of nitrogens with zero attached hydrogens (tertiary/aromatic N) is 2. The van der Waals surface area contributed by atoms with Crippen LogP contribution in [0.3, 0.4) is 0 Å². The molecular formula is C16H29N3OS. The third-order valence-electron chi connectivity index (χ3n) is 3.80. The Labute approximate surface area is 132 Å². The fraction of sp³-hybridized carbons (Fsp3) is 0.812. The average molecular weight is 311 g/mol. The molecule has 2 rings (SSSR count). The minimum Gasteiger partial charge on any atom is -0.383 e. The summed E-state index contributed by atoms with van der Waals surface area (Å²) < 4.78 is 5.24. The molecule has 0 atom stereocenters. The molecule has 0 aliphatic heterocycles. The smallest absolute Gasteiger partial charge is 0.186 e. The summed E-state index contributed by atoms with van der Waals surface area (Å²) in [6, 6.07) is 1.18. The summed E-state index contributed by atoms with van der Waals surface area (Å²) in [6.07, 6.45) is 2.66. The molecule has 120 valence electrons. The van der Waals surface area contributed by atoms with Crippen LogP contribution in [0.5, 0.6) is 0 Å². The Morgan fingerprint density at radius 1 is 1.33 bits per heavy atom. The normalized spacial score (nSPS) is 15.2. The zero-order valence-corrected chi connectivity index (χ0v) is 14.8. The molecule has 1 aromatic heterocycles. The van der Waals surface area contributed by atoms with Gasteiger partial charge < -0.3 is 15.0 Å². The topological polar surface area (TPSA) is 37.4 Å². The molecule has 5 heteroatoms. The largest absolute Gasteiger partial charge is 0.383 e. The van der Waals surface area contributed by atoms with Crippen LogP contribution < -0.4 is 10.2 Å². The molecule has 1 saturated carbocycles. The van der Waals surface area contributed by atoms with E-state index in [0.29, 0.717) is 12.0 Å². The molecule has 4 nitrogen and oxygen atoms in total. The highest BCUT2D eigenvalue weighted by atomic mass is 32.1. The maximum absolute atomic E-state index is 5.24. The predicted molar refractivity (Wildman–Crippen MR) is 90.4 cm³/mol. The number of thiazole rings is 1. The van der Waals surface area contributed by atoms with Crippen molar-refractivity contribution >= 4 is 16.5 Å². The second-order valence-electron chi connectivity index (χ2n) is 6.39. The van der Waals surface area contributed by atoms with Crippen molar-refractivity contribution in [2.75, 3.05) is 25.2 Å². The molecule has 1 fully saturated rings. The quantitative estimate of drug-likeness (QED) is 0.758. The summed E-state index contributed by atoms with van der Waals surface area (Å²) in [5.41, 5.74) is 1.26. The second kappa shape index (κ2) is 7.56. The molecule has 0 spiro atoms. The maximum Gasteiger partial charge on any atom is 0.186 e. The van der Waals surface area contributed by atoms with Gasteiger partial charge in [0.1, 0.15) is 0 Å². The van der Waals surface area contributed by atoms with E-state index in [1.807, 2.05) is 11.3 Å². The zero-order valence-electron chi connectivity index (χ0n) is 14.0. The van der Waals surface area contributed by atoms with Crippen molar-refractivity contribution in [3.63, 3.8) is 0 Å². The van der Waals surface area contributed by atoms with E-state index in [4.69, 9.17) is 9.72 Å². The van der Waals surface area contributed by atoms with Gasteiger partial charge in [0.05, 0.1) is 12.3 Å². The first-order valence-electron chi connectivity index (χ1n) is 8.01. The lowest BCUT2D eigenvalue weighted by molar-refractivity contribution is 0.204. The number of anilines is 1. The van der Waals surface area contributed by atoms with E-state index < -0.39 is 0 Å². The van der Waals surface area contributed by atoms with E-state index in [1.54, 1.807) is 7.11 Å². The van der Waals surface area contributed by atoms with Crippen molar-refractivity contribution in [3.8, 4) is 0 Å². The summed E-state index contributed by atoms with van der Waals surface area (Å²) in [6.45, 7) is 11.5. The first-order chi connectivity index (χ1) is 10.0. The van der Waals surface area contributed by atoms with Gasteiger partial charge in [-0.2, -0.15) is 0 Å². The van der Waals surface area contributed by atoms with Crippen LogP contribution in [-0.4, -0.2) is 37.3 Å². The van der Waals surface area contributed by atoms with Gasteiger partial charge in [0.25, 0.3) is 0 Å². The van der Waals surface area contributed by atoms with Crippen molar-refractivity contribution < 1.29 is 4.74 Å². The maximum atomic E-state index is 5.24. The summed E-state index contributed by atoms with van der Waals surface area (Å²) in [5.74, 6) is 0.474. The van der Waals surface area contributed by atoms with E-state index in [2.05, 4.69) is 37.9 Å². The fourth-order valence-corrected chi connectivity index (χ4v) is 3.67. The van der Waals surface area contributed by atoms with Gasteiger partial charge in [-0.3, -0.25) is 0 Å². The summed E-state index contributed by atoms with van der Waals surface area (Å²) >= 11 is 1.84. The lowest BCUT2D eigenvalue weighted by atomic mass is 10.1. The zero-order chi connectivity index (χ0) is 15.4. The van der Waals surface area contributed by atoms with Gasteiger partial charge in [0.15, 0.2) is 5.13 Å². The molecule has 0 radical (unpaired) electrons. The van der Waals surface area contributed by atoms with Crippen LogP contribution in [0.4, 0.5) is 5.13 Å². The van der Waals surface area contributed by atoms with Crippen LogP contribution >= 0.6 is 11.3 Å². The Balaban J connectivity index is 2.14. The molecule has 1 heterocycles. The van der Waals surface area contributed by atoms with Crippen LogP contribution in [0.2, 0.25) is 0 Å². The molecule has 1 N–H and O–H groups in total. The molecule has 0 bridgehead atoms. The van der Waals surface area contributed by atoms with E-state index in [0.717, 1.165) is 30.9 Å². The third kappa shape index (κ3) is 4.66. The number of aromatic nitrogens is 1. The average Bonchev–Trinajstić information content (AvgIpc) is 3.16. The predicted octanol–water partition coefficient (Wildman–Crippen LogP) is 3.38. The molecule has 1 aliphatic carbocycles. The van der Waals surface area contributed by atoms with Crippen molar-refractivity contribution in [1.29, 1.82) is 0 Å². The Bertz CT molecular complexity index is 441. The number of nitrogens with one attached hydrogen (secondary N) is 1. The Hall–Kier alpha value is -0.650. The van der Waals surface area contributed by atoms with Gasteiger partial charge in [0, 0.05) is 37.2 Å². The van der Waals surface area contributed by atoms with E-state index in [1.165, 1.54) is 23.4 Å². The number of rotatable bonds is 9. The first kappa shape index (κ1) is 16.7. The van der Waals surface area contributed by atoms with Crippen LogP contribution in [0.1, 0.15) is 57.0 Å². The van der Waals surface area contributed by atoms with Gasteiger partial charge in [-0.1, -0.05) is 13.8 Å². The van der Waals surface area contributed by atoms with Gasteiger partial charge in [-0.15, -0.1) is 11.3 Å². The molecule has 1 aliphatic rings. The van der Waals surface area contributed by atoms with Crippen molar-refractivity contribution in [2.24, 2.45) is 0 Å². The van der Waals surface area contributed by atoms with Gasteiger partial charge in [0.2, 0.25) is 0 Å². The monoisotopic (exact) mass is 311 g/mol. The first-order valence-corrected chi connectivity index (χ1v) is 8.83. The van der Waals surface area contributed by atoms with Crippen molar-refractivity contribution in [3.05, 3.63) is 10.6 Å². The van der Waals surface area contributed by atoms with Gasteiger partial charge in [-0.25, -0.2) is 4.98 Å². The van der Waals surface area contributed by atoms with Crippen molar-refractivity contribution in [2.45, 2.75) is 65.1 Å². The van der Waals surface area contributed by atoms with E-state index in [-0.39, 0.29) is 0 Å². The molecular weight excluding hydrogens is 282 g/mol. The summed E-state index contributed by atoms with van der Waals surface area (Å²) in [5, 5.41) is 4.76. The number of hydrogen-bond acceptors (Lipinski definition) is 5. The molecule has 0 unspecified atom stereocenters. The Morgan fingerprint density at radius 3 is 2.57 bits per heavy atom. The van der Waals surface area contributed by atoms with Gasteiger partial charge >= 0.3 is 0 Å². The van der Waals surface area contributed by atoms with Crippen LogP contribution in [0.15, 0.2) is 0 Å². The SMILES string of the molecule is COCCN(c1nc(C(C)C)c(CNC2CC2)s1)C(C)C. The standard InChI is InChI=1S/C16H29N3OS/c1-11(2)15-14(10-17-13-6-7-13)21-16(18-15)19(12(3)4)8-9-20-5/h11-13,17H,6-10H2,1-5H3. The molecule has 0 saturated heterocycles. The number of ether oxygens (including phenoxy) is 1. The molecule has 0 amide bonds. The lowest BCUT2D eigenvalue weighted by Crippen LogP contribution is -2.33. The molecule has 1 aromatic rings. The number of hydrogen-bond donors (Lipinski definition) is 1. The fourth-order valence-electron chi connectivity index (χ4n) is 2.34. The summed E-state index contributed by atoms with van der Waals surface area (Å²) in [7, 11) is 1.75. The summed E-state index contributed by atoms with van der Waals surface area (Å²) in [4.78, 5) is 8.68.